The minimum Gasteiger partial charge on any atom is -0.384 e. The number of hydrogen-bond acceptors (Lipinski definition) is 2. The van der Waals surface area contributed by atoms with E-state index in [2.05, 4.69) is 58.3 Å². The molecule has 0 bridgehead atoms. The Hall–Kier alpha value is -1.09. The molecule has 2 aromatic rings. The maximum Gasteiger partial charge on any atom is 0.0870 e. The third-order valence-electron chi connectivity index (χ3n) is 2.81. The molecular formula is C14H17BrN2. The van der Waals surface area contributed by atoms with E-state index in [4.69, 9.17) is 0 Å². The molecule has 1 N–H and O–H groups in total. The SMILES string of the molecule is CCCNc1cc(C)nc2c(Br)c(C)ccc12. The van der Waals surface area contributed by atoms with Crippen molar-refractivity contribution in [2.24, 2.45) is 0 Å². The zero-order chi connectivity index (χ0) is 12.4. The average Bonchev–Trinajstić information content (AvgIpc) is 2.31. The summed E-state index contributed by atoms with van der Waals surface area (Å²) in [4.78, 5) is 4.62. The lowest BCUT2D eigenvalue weighted by molar-refractivity contribution is 0.980. The summed E-state index contributed by atoms with van der Waals surface area (Å²) in [7, 11) is 0. The maximum absolute atomic E-state index is 4.62. The predicted molar refractivity (Wildman–Crippen MR) is 77.7 cm³/mol. The molecular weight excluding hydrogens is 276 g/mol. The van der Waals surface area contributed by atoms with Crippen LogP contribution in [0, 0.1) is 13.8 Å². The van der Waals surface area contributed by atoms with E-state index in [1.165, 1.54) is 16.6 Å². The van der Waals surface area contributed by atoms with Crippen molar-refractivity contribution in [1.82, 2.24) is 4.98 Å². The molecule has 1 aromatic carbocycles. The lowest BCUT2D eigenvalue weighted by Gasteiger charge is -2.12. The number of halogens is 1. The Labute approximate surface area is 111 Å². The number of nitrogens with one attached hydrogen (secondary N) is 1. The molecule has 0 spiro atoms. The van der Waals surface area contributed by atoms with Gasteiger partial charge in [-0.3, -0.25) is 4.98 Å². The first-order chi connectivity index (χ1) is 8.13. The Kier molecular flexibility index (Phi) is 3.67. The second-order valence-electron chi connectivity index (χ2n) is 4.33. The highest BCUT2D eigenvalue weighted by molar-refractivity contribution is 9.10. The van der Waals surface area contributed by atoms with Crippen LogP contribution in [0.25, 0.3) is 10.9 Å². The summed E-state index contributed by atoms with van der Waals surface area (Å²) in [5.41, 5.74) is 4.48. The summed E-state index contributed by atoms with van der Waals surface area (Å²) in [5.74, 6) is 0. The molecule has 0 aliphatic rings. The van der Waals surface area contributed by atoms with Crippen molar-refractivity contribution < 1.29 is 0 Å². The number of hydrogen-bond donors (Lipinski definition) is 1. The summed E-state index contributed by atoms with van der Waals surface area (Å²) in [6.45, 7) is 7.28. The van der Waals surface area contributed by atoms with Crippen molar-refractivity contribution in [3.05, 3.63) is 33.9 Å². The van der Waals surface area contributed by atoms with Crippen molar-refractivity contribution in [2.75, 3.05) is 11.9 Å². The zero-order valence-corrected chi connectivity index (χ0v) is 12.1. The van der Waals surface area contributed by atoms with Crippen molar-refractivity contribution in [2.45, 2.75) is 27.2 Å². The summed E-state index contributed by atoms with van der Waals surface area (Å²) < 4.78 is 1.10. The van der Waals surface area contributed by atoms with Crippen molar-refractivity contribution in [3.63, 3.8) is 0 Å². The maximum atomic E-state index is 4.62. The van der Waals surface area contributed by atoms with Crippen LogP contribution in [-0.2, 0) is 0 Å². The molecule has 2 nitrogen and oxygen atoms in total. The first kappa shape index (κ1) is 12.4. The van der Waals surface area contributed by atoms with Crippen LogP contribution in [0.1, 0.15) is 24.6 Å². The van der Waals surface area contributed by atoms with Gasteiger partial charge in [-0.2, -0.15) is 0 Å². The van der Waals surface area contributed by atoms with Gasteiger partial charge in [0.05, 0.1) is 5.52 Å². The number of rotatable bonds is 3. The second-order valence-corrected chi connectivity index (χ2v) is 5.12. The molecule has 17 heavy (non-hydrogen) atoms. The van der Waals surface area contributed by atoms with E-state index in [9.17, 15) is 0 Å². The number of aromatic nitrogens is 1. The highest BCUT2D eigenvalue weighted by Gasteiger charge is 2.08. The molecule has 0 radical (unpaired) electrons. The Bertz CT molecular complexity index is 549. The van der Waals surface area contributed by atoms with Gasteiger partial charge in [0, 0.05) is 27.8 Å². The van der Waals surface area contributed by atoms with Gasteiger partial charge in [-0.1, -0.05) is 19.1 Å². The van der Waals surface area contributed by atoms with Gasteiger partial charge in [-0.25, -0.2) is 0 Å². The Morgan fingerprint density at radius 3 is 2.76 bits per heavy atom. The molecule has 1 aromatic heterocycles. The standard InChI is InChI=1S/C14H17BrN2/c1-4-7-16-12-8-10(3)17-14-11(12)6-5-9(2)13(14)15/h5-6,8H,4,7H2,1-3H3,(H,16,17). The largest absolute Gasteiger partial charge is 0.384 e. The van der Waals surface area contributed by atoms with Crippen LogP contribution < -0.4 is 5.32 Å². The minimum atomic E-state index is 0.990. The fraction of sp³-hybridized carbons (Fsp3) is 0.357. The third-order valence-corrected chi connectivity index (χ3v) is 3.81. The third kappa shape index (κ3) is 2.44. The van der Waals surface area contributed by atoms with Crippen LogP contribution in [0.3, 0.4) is 0 Å². The fourth-order valence-electron chi connectivity index (χ4n) is 1.89. The van der Waals surface area contributed by atoms with Crippen LogP contribution in [0.4, 0.5) is 5.69 Å². The molecule has 0 saturated heterocycles. The molecule has 3 heteroatoms. The normalized spacial score (nSPS) is 10.8. The van der Waals surface area contributed by atoms with Gasteiger partial charge < -0.3 is 5.32 Å². The lowest BCUT2D eigenvalue weighted by Crippen LogP contribution is -2.02. The highest BCUT2D eigenvalue weighted by Crippen LogP contribution is 2.31. The predicted octanol–water partition coefficient (Wildman–Crippen LogP) is 4.44. The average molecular weight is 293 g/mol. The first-order valence-corrected chi connectivity index (χ1v) is 6.73. The molecule has 90 valence electrons. The van der Waals surface area contributed by atoms with Gasteiger partial charge in [0.15, 0.2) is 0 Å². The summed E-state index contributed by atoms with van der Waals surface area (Å²) in [6.07, 6.45) is 1.12. The van der Waals surface area contributed by atoms with E-state index < -0.39 is 0 Å². The van der Waals surface area contributed by atoms with Gasteiger partial charge in [0.1, 0.15) is 0 Å². The number of fused-ring (bicyclic) bond motifs is 1. The smallest absolute Gasteiger partial charge is 0.0870 e. The molecule has 0 amide bonds. The van der Waals surface area contributed by atoms with Crippen LogP contribution in [0.2, 0.25) is 0 Å². The van der Waals surface area contributed by atoms with Crippen molar-refractivity contribution in [1.29, 1.82) is 0 Å². The molecule has 2 rings (SSSR count). The van der Waals surface area contributed by atoms with Crippen molar-refractivity contribution >= 4 is 32.5 Å². The molecule has 1 heterocycles. The Morgan fingerprint density at radius 2 is 2.06 bits per heavy atom. The molecule has 0 aliphatic carbocycles. The number of nitrogens with zero attached hydrogens (tertiary/aromatic N) is 1. The van der Waals surface area contributed by atoms with Gasteiger partial charge in [-0.15, -0.1) is 0 Å². The van der Waals surface area contributed by atoms with E-state index in [1.807, 2.05) is 6.92 Å². The fourth-order valence-corrected chi connectivity index (χ4v) is 2.33. The molecule has 0 aliphatic heterocycles. The molecule has 0 fully saturated rings. The summed E-state index contributed by atoms with van der Waals surface area (Å²) in [5, 5.41) is 4.65. The number of aryl methyl sites for hydroxylation is 2. The van der Waals surface area contributed by atoms with E-state index >= 15 is 0 Å². The quantitative estimate of drug-likeness (QED) is 0.905. The minimum absolute atomic E-state index is 0.990. The number of benzene rings is 1. The number of pyridine rings is 1. The van der Waals surface area contributed by atoms with E-state index in [-0.39, 0.29) is 0 Å². The van der Waals surface area contributed by atoms with Gasteiger partial charge in [-0.05, 0) is 47.8 Å². The number of anilines is 1. The van der Waals surface area contributed by atoms with E-state index in [0.717, 1.165) is 28.6 Å². The summed E-state index contributed by atoms with van der Waals surface area (Å²) >= 11 is 3.63. The lowest BCUT2D eigenvalue weighted by atomic mass is 10.1. The van der Waals surface area contributed by atoms with Crippen LogP contribution in [0.15, 0.2) is 22.7 Å². The first-order valence-electron chi connectivity index (χ1n) is 5.93. The Balaban J connectivity index is 2.64. The van der Waals surface area contributed by atoms with E-state index in [1.54, 1.807) is 0 Å². The van der Waals surface area contributed by atoms with Crippen molar-refractivity contribution in [3.8, 4) is 0 Å². The monoisotopic (exact) mass is 292 g/mol. The topological polar surface area (TPSA) is 24.9 Å². The molecule has 0 saturated carbocycles. The molecule has 0 unspecified atom stereocenters. The van der Waals surface area contributed by atoms with E-state index in [0.29, 0.717) is 0 Å². The van der Waals surface area contributed by atoms with Crippen LogP contribution >= 0.6 is 15.9 Å². The molecule has 0 atom stereocenters. The van der Waals surface area contributed by atoms with Gasteiger partial charge in [0.25, 0.3) is 0 Å². The zero-order valence-electron chi connectivity index (χ0n) is 10.5. The van der Waals surface area contributed by atoms with Gasteiger partial charge in [0.2, 0.25) is 0 Å². The summed E-state index contributed by atoms with van der Waals surface area (Å²) in [6, 6.07) is 6.38. The second kappa shape index (κ2) is 5.05. The highest BCUT2D eigenvalue weighted by atomic mass is 79.9. The van der Waals surface area contributed by atoms with Crippen LogP contribution in [-0.4, -0.2) is 11.5 Å². The van der Waals surface area contributed by atoms with Crippen LogP contribution in [0.5, 0.6) is 0 Å². The van der Waals surface area contributed by atoms with Gasteiger partial charge >= 0.3 is 0 Å². The Morgan fingerprint density at radius 1 is 1.29 bits per heavy atom.